The molecule has 0 radical (unpaired) electrons. The zero-order valence-corrected chi connectivity index (χ0v) is 25.8. The summed E-state index contributed by atoms with van der Waals surface area (Å²) in [6.07, 6.45) is 1.71. The molecule has 3 aromatic heterocycles. The van der Waals surface area contributed by atoms with Crippen LogP contribution in [0.3, 0.4) is 0 Å². The number of hydrogen-bond donors (Lipinski definition) is 1. The van der Waals surface area contributed by atoms with Gasteiger partial charge < -0.3 is 9.84 Å². The van der Waals surface area contributed by atoms with Gasteiger partial charge in [-0.3, -0.25) is 4.79 Å². The second kappa shape index (κ2) is 11.0. The van der Waals surface area contributed by atoms with Crippen LogP contribution >= 0.6 is 22.9 Å². The van der Waals surface area contributed by atoms with E-state index in [0.29, 0.717) is 28.4 Å². The Hall–Kier alpha value is -3.06. The topological polar surface area (TPSA) is 128 Å². The van der Waals surface area contributed by atoms with E-state index in [4.69, 9.17) is 16.3 Å². The number of fused-ring (bicyclic) bond motifs is 2. The van der Waals surface area contributed by atoms with Gasteiger partial charge in [-0.2, -0.15) is 4.31 Å². The summed E-state index contributed by atoms with van der Waals surface area (Å²) < 4.78 is 36.9. The normalized spacial score (nSPS) is 18.0. The molecular weight excluding hydrogens is 586 g/mol. The number of thiophene rings is 1. The lowest BCUT2D eigenvalue weighted by atomic mass is 9.72. The highest BCUT2D eigenvalue weighted by atomic mass is 35.5. The molecule has 218 valence electrons. The minimum atomic E-state index is -3.93. The van der Waals surface area contributed by atoms with Crippen LogP contribution in [0.15, 0.2) is 41.4 Å². The molecular formula is C28H32ClN5O5S2. The van der Waals surface area contributed by atoms with Crippen molar-refractivity contribution in [2.24, 2.45) is 5.41 Å². The number of aryl methyl sites for hydroxylation is 2. The number of halogens is 1. The minimum Gasteiger partial charge on any atom is -0.481 e. The number of hydrogen-bond acceptors (Lipinski definition) is 8. The van der Waals surface area contributed by atoms with E-state index in [2.05, 4.69) is 15.3 Å². The van der Waals surface area contributed by atoms with Gasteiger partial charge in [-0.1, -0.05) is 29.8 Å². The molecule has 10 nitrogen and oxygen atoms in total. The Morgan fingerprint density at radius 1 is 1.29 bits per heavy atom. The molecule has 1 aromatic carbocycles. The molecule has 13 heteroatoms. The number of pyridine rings is 1. The van der Waals surface area contributed by atoms with Crippen LogP contribution in [0.25, 0.3) is 11.0 Å². The van der Waals surface area contributed by atoms with E-state index in [1.807, 2.05) is 39.0 Å². The summed E-state index contributed by atoms with van der Waals surface area (Å²) in [5.74, 6) is -1.45. The van der Waals surface area contributed by atoms with Crippen LogP contribution in [0.1, 0.15) is 61.6 Å². The third kappa shape index (κ3) is 5.11. The zero-order chi connectivity index (χ0) is 29.7. The molecule has 1 aliphatic heterocycles. The Morgan fingerprint density at radius 3 is 2.73 bits per heavy atom. The summed E-state index contributed by atoms with van der Waals surface area (Å²) in [7, 11) is -3.93. The second-order valence-corrected chi connectivity index (χ2v) is 14.3. The molecule has 1 unspecified atom stereocenters. The first kappa shape index (κ1) is 29.4. The zero-order valence-electron chi connectivity index (χ0n) is 23.5. The third-order valence-electron chi connectivity index (χ3n) is 7.77. The van der Waals surface area contributed by atoms with Gasteiger partial charge in [-0.05, 0) is 75.1 Å². The van der Waals surface area contributed by atoms with Gasteiger partial charge >= 0.3 is 5.97 Å². The van der Waals surface area contributed by atoms with Crippen molar-refractivity contribution >= 4 is 50.0 Å². The SMILES string of the molecule is CC[C@@H]1CN(Cc2cc(C(c3ccc4c(nnn4CC)c3C)C(C)(C)C(=O)O)sc2Cl)S(=O)(=O)c2cccnc2O1. The first-order valence-electron chi connectivity index (χ1n) is 13.4. The van der Waals surface area contributed by atoms with Crippen LogP contribution in [0.5, 0.6) is 5.88 Å². The number of carbonyl (C=O) groups is 1. The van der Waals surface area contributed by atoms with Gasteiger partial charge in [-0.25, -0.2) is 18.1 Å². The van der Waals surface area contributed by atoms with Gasteiger partial charge in [0.2, 0.25) is 15.9 Å². The van der Waals surface area contributed by atoms with E-state index in [0.717, 1.165) is 21.5 Å². The van der Waals surface area contributed by atoms with Crippen LogP contribution in [0.4, 0.5) is 0 Å². The molecule has 0 fully saturated rings. The molecule has 5 rings (SSSR count). The van der Waals surface area contributed by atoms with Crippen LogP contribution < -0.4 is 4.74 Å². The van der Waals surface area contributed by atoms with Gasteiger partial charge in [0, 0.05) is 30.1 Å². The van der Waals surface area contributed by atoms with Gasteiger partial charge in [0.15, 0.2) is 0 Å². The van der Waals surface area contributed by atoms with Gasteiger partial charge in [0.1, 0.15) is 16.5 Å². The number of aromatic nitrogens is 4. The van der Waals surface area contributed by atoms with Crippen molar-refractivity contribution in [3.05, 3.63) is 62.4 Å². The summed E-state index contributed by atoms with van der Waals surface area (Å²) in [5.41, 5.74) is 2.62. The number of ether oxygens (including phenoxy) is 1. The fourth-order valence-corrected chi connectivity index (χ4v) is 8.41. The van der Waals surface area contributed by atoms with Crippen LogP contribution in [0.2, 0.25) is 4.34 Å². The number of benzene rings is 1. The predicted octanol–water partition coefficient (Wildman–Crippen LogP) is 5.47. The Kier molecular flexibility index (Phi) is 7.88. The van der Waals surface area contributed by atoms with E-state index in [1.54, 1.807) is 24.6 Å². The molecule has 1 N–H and O–H groups in total. The number of rotatable bonds is 8. The Bertz CT molecular complexity index is 1730. The Labute approximate surface area is 248 Å². The van der Waals surface area contributed by atoms with Crippen LogP contribution in [-0.2, 0) is 27.9 Å². The largest absolute Gasteiger partial charge is 0.481 e. The number of aliphatic carboxylic acids is 1. The van der Waals surface area contributed by atoms with Crippen molar-refractivity contribution in [3.63, 3.8) is 0 Å². The van der Waals surface area contributed by atoms with Gasteiger partial charge in [0.25, 0.3) is 0 Å². The van der Waals surface area contributed by atoms with Crippen molar-refractivity contribution in [1.82, 2.24) is 24.3 Å². The molecule has 2 atom stereocenters. The summed E-state index contributed by atoms with van der Waals surface area (Å²) in [4.78, 5) is 17.5. The summed E-state index contributed by atoms with van der Waals surface area (Å²) in [5, 5.41) is 18.9. The maximum atomic E-state index is 13.7. The molecule has 41 heavy (non-hydrogen) atoms. The van der Waals surface area contributed by atoms with Crippen molar-refractivity contribution < 1.29 is 23.1 Å². The van der Waals surface area contributed by atoms with Crippen molar-refractivity contribution in [2.75, 3.05) is 6.54 Å². The maximum Gasteiger partial charge on any atom is 0.310 e. The lowest BCUT2D eigenvalue weighted by Crippen LogP contribution is -2.36. The number of nitrogens with zero attached hydrogens (tertiary/aromatic N) is 5. The average molecular weight is 618 g/mol. The average Bonchev–Trinajstić information content (AvgIpc) is 3.49. The Balaban J connectivity index is 1.59. The van der Waals surface area contributed by atoms with Crippen molar-refractivity contribution in [3.8, 4) is 5.88 Å². The van der Waals surface area contributed by atoms with Gasteiger partial charge in [-0.15, -0.1) is 16.4 Å². The molecule has 0 saturated heterocycles. The first-order chi connectivity index (χ1) is 19.4. The fraction of sp³-hybridized carbons (Fsp3) is 0.429. The highest BCUT2D eigenvalue weighted by Gasteiger charge is 2.42. The molecule has 4 aromatic rings. The van der Waals surface area contributed by atoms with E-state index in [1.165, 1.54) is 27.9 Å². The second-order valence-electron chi connectivity index (χ2n) is 10.7. The van der Waals surface area contributed by atoms with Crippen molar-refractivity contribution in [2.45, 2.75) is 71.0 Å². The highest BCUT2D eigenvalue weighted by molar-refractivity contribution is 7.89. The maximum absolute atomic E-state index is 13.7. The summed E-state index contributed by atoms with van der Waals surface area (Å²) in [6, 6.07) is 8.74. The van der Waals surface area contributed by atoms with Crippen LogP contribution in [0, 0.1) is 12.3 Å². The summed E-state index contributed by atoms with van der Waals surface area (Å²) >= 11 is 8.03. The van der Waals surface area contributed by atoms with Crippen LogP contribution in [-0.4, -0.2) is 56.4 Å². The van der Waals surface area contributed by atoms with E-state index in [9.17, 15) is 18.3 Å². The molecule has 4 heterocycles. The highest BCUT2D eigenvalue weighted by Crippen LogP contribution is 2.48. The van der Waals surface area contributed by atoms with E-state index >= 15 is 0 Å². The standard InChI is InChI=1S/C28H32ClN5O5S2/c1-6-18-15-33(41(37,38)22-9-8-12-30-26(22)39-18)14-17-13-21(40-25(17)29)23(28(4,5)27(35)36)19-10-11-20-24(16(19)3)31-32-34(20)7-2/h8-13,18,23H,6-7,14-15H2,1-5H3,(H,35,36)/t18-,23?/m1/s1. The van der Waals surface area contributed by atoms with Crippen molar-refractivity contribution in [1.29, 1.82) is 0 Å². The monoisotopic (exact) mass is 617 g/mol. The number of carboxylic acids is 1. The predicted molar refractivity (Wildman–Crippen MR) is 157 cm³/mol. The smallest absolute Gasteiger partial charge is 0.310 e. The Morgan fingerprint density at radius 2 is 2.05 bits per heavy atom. The number of carboxylic acid groups (broad SMARTS) is 1. The van der Waals surface area contributed by atoms with Gasteiger partial charge in [0.05, 0.1) is 21.8 Å². The molecule has 0 amide bonds. The molecule has 0 aliphatic carbocycles. The molecule has 0 saturated carbocycles. The fourth-order valence-electron chi connectivity index (χ4n) is 5.30. The minimum absolute atomic E-state index is 0.00885. The molecule has 0 spiro atoms. The molecule has 0 bridgehead atoms. The lowest BCUT2D eigenvalue weighted by molar-refractivity contribution is -0.147. The quantitative estimate of drug-likeness (QED) is 0.276. The molecule has 1 aliphatic rings. The third-order valence-corrected chi connectivity index (χ3v) is 11.1. The lowest BCUT2D eigenvalue weighted by Gasteiger charge is -2.31. The first-order valence-corrected chi connectivity index (χ1v) is 16.0. The van der Waals surface area contributed by atoms with E-state index < -0.39 is 27.3 Å². The summed E-state index contributed by atoms with van der Waals surface area (Å²) in [6.45, 7) is 10.0. The number of sulfonamides is 1. The van der Waals surface area contributed by atoms with E-state index in [-0.39, 0.29) is 30.0 Å².